The van der Waals surface area contributed by atoms with E-state index in [-0.39, 0.29) is 0 Å². The van der Waals surface area contributed by atoms with Crippen LogP contribution in [0.4, 0.5) is 0 Å². The van der Waals surface area contributed by atoms with Crippen molar-refractivity contribution >= 4 is 10.8 Å². The van der Waals surface area contributed by atoms with Crippen molar-refractivity contribution in [3.63, 3.8) is 0 Å². The lowest BCUT2D eigenvalue weighted by atomic mass is 10.6. The molecule has 0 spiro atoms. The minimum Gasteiger partial charge on any atom is -0.479 e. The average molecular weight is 130 g/mol. The molecule has 0 saturated heterocycles. The van der Waals surface area contributed by atoms with Gasteiger partial charge in [0.05, 0.1) is 10.8 Å². The van der Waals surface area contributed by atoms with Crippen LogP contribution in [0.5, 0.6) is 0 Å². The second-order valence-electron chi connectivity index (χ2n) is 1.37. The Hall–Kier alpha value is -0.570. The summed E-state index contributed by atoms with van der Waals surface area (Å²) in [6.07, 6.45) is 1.55. The molecule has 0 radical (unpaired) electrons. The zero-order chi connectivity index (χ0) is 5.98. The van der Waals surface area contributed by atoms with Gasteiger partial charge in [-0.2, -0.15) is 0 Å². The molecule has 8 heavy (non-hydrogen) atoms. The lowest BCUT2D eigenvalue weighted by molar-refractivity contribution is 0.294. The molecule has 1 unspecified atom stereocenters. The molecular weight excluding hydrogens is 124 g/mol. The van der Waals surface area contributed by atoms with Crippen molar-refractivity contribution in [3.8, 4) is 0 Å². The summed E-state index contributed by atoms with van der Waals surface area (Å²) in [4.78, 5) is 0. The zero-order valence-electron chi connectivity index (χ0n) is 4.29. The van der Waals surface area contributed by atoms with Gasteiger partial charge in [0.1, 0.15) is 5.76 Å². The minimum absolute atomic E-state index is 0.293. The third-order valence-electron chi connectivity index (χ3n) is 0.791. The molecule has 1 aliphatic heterocycles. The van der Waals surface area contributed by atoms with Gasteiger partial charge in [-0.15, -0.1) is 0 Å². The van der Waals surface area contributed by atoms with Gasteiger partial charge >= 0.3 is 0 Å². The Bertz CT molecular complexity index is 160. The van der Waals surface area contributed by atoms with E-state index in [0.717, 1.165) is 0 Å². The van der Waals surface area contributed by atoms with E-state index in [1.54, 1.807) is 11.5 Å². The molecule has 0 aliphatic carbocycles. The summed E-state index contributed by atoms with van der Waals surface area (Å²) < 4.78 is 15.3. The molecule has 3 heteroatoms. The number of hydrogen-bond donors (Lipinski definition) is 0. The summed E-state index contributed by atoms with van der Waals surface area (Å²) >= 11 is 0. The topological polar surface area (TPSA) is 26.3 Å². The highest BCUT2D eigenvalue weighted by molar-refractivity contribution is 7.88. The monoisotopic (exact) mass is 130 g/mol. The van der Waals surface area contributed by atoms with Crippen LogP contribution in [0.3, 0.4) is 0 Å². The molecule has 0 saturated carbocycles. The fraction of sp³-hybridized carbons (Fsp3) is 0.200. The van der Waals surface area contributed by atoms with Crippen LogP contribution >= 0.6 is 0 Å². The van der Waals surface area contributed by atoms with E-state index in [0.29, 0.717) is 11.7 Å². The van der Waals surface area contributed by atoms with E-state index in [4.69, 9.17) is 4.74 Å². The summed E-state index contributed by atoms with van der Waals surface area (Å²) in [5.41, 5.74) is 0. The summed E-state index contributed by atoms with van der Waals surface area (Å²) in [5.74, 6) is 0.921. The quantitative estimate of drug-likeness (QED) is 0.523. The first-order chi connectivity index (χ1) is 3.83. The molecule has 0 aromatic rings. The largest absolute Gasteiger partial charge is 0.479 e. The molecule has 0 aromatic carbocycles. The average Bonchev–Trinajstić information content (AvgIpc) is 2.14. The van der Waals surface area contributed by atoms with Crippen LogP contribution in [-0.2, 0) is 15.5 Å². The molecule has 0 amide bonds. The lowest BCUT2D eigenvalue weighted by Crippen LogP contribution is -1.84. The van der Waals surface area contributed by atoms with Crippen molar-refractivity contribution in [2.75, 3.05) is 5.94 Å². The molecular formula is C5H6O2S. The molecule has 0 N–H and O–H groups in total. The normalized spacial score (nSPS) is 26.5. The molecule has 2 nitrogen and oxygen atoms in total. The van der Waals surface area contributed by atoms with Gasteiger partial charge in [-0.25, -0.2) is 0 Å². The maximum absolute atomic E-state index is 10.5. The van der Waals surface area contributed by atoms with Gasteiger partial charge in [-0.1, -0.05) is 6.58 Å². The highest BCUT2D eigenvalue weighted by atomic mass is 32.2. The zero-order valence-corrected chi connectivity index (χ0v) is 5.11. The first-order valence-electron chi connectivity index (χ1n) is 2.17. The summed E-state index contributed by atoms with van der Waals surface area (Å²) in [6, 6.07) is 0. The van der Waals surface area contributed by atoms with Crippen molar-refractivity contribution < 1.29 is 8.95 Å². The maximum atomic E-state index is 10.5. The molecule has 1 aliphatic rings. The van der Waals surface area contributed by atoms with Crippen molar-refractivity contribution in [1.29, 1.82) is 0 Å². The van der Waals surface area contributed by atoms with Crippen molar-refractivity contribution in [1.82, 2.24) is 0 Å². The Balaban J connectivity index is 2.70. The molecule has 44 valence electrons. The molecule has 1 rings (SSSR count). The second-order valence-corrected chi connectivity index (χ2v) is 2.60. The predicted molar refractivity (Wildman–Crippen MR) is 32.4 cm³/mol. The molecule has 1 atom stereocenters. The van der Waals surface area contributed by atoms with Crippen LogP contribution in [0.25, 0.3) is 0 Å². The van der Waals surface area contributed by atoms with Gasteiger partial charge in [-0.3, -0.25) is 4.21 Å². The summed E-state index contributed by atoms with van der Waals surface area (Å²) in [6.45, 7) is 3.45. The number of ether oxygens (including phenoxy) is 1. The maximum Gasteiger partial charge on any atom is 0.167 e. The van der Waals surface area contributed by atoms with Gasteiger partial charge < -0.3 is 4.74 Å². The van der Waals surface area contributed by atoms with Crippen molar-refractivity contribution in [2.24, 2.45) is 0 Å². The predicted octanol–water partition coefficient (Wildman–Crippen LogP) is 0.750. The smallest absolute Gasteiger partial charge is 0.167 e. The van der Waals surface area contributed by atoms with Crippen LogP contribution in [0.1, 0.15) is 0 Å². The van der Waals surface area contributed by atoms with Gasteiger partial charge in [-0.05, 0) is 6.08 Å². The molecule has 0 bridgehead atoms. The van der Waals surface area contributed by atoms with Crippen LogP contribution in [0, 0.1) is 0 Å². The first kappa shape index (κ1) is 5.56. The standard InChI is InChI=1S/C5H6O2S/c1-2-5-3-8(6)4-7-5/h2-3H,1,4H2. The minimum atomic E-state index is -0.908. The van der Waals surface area contributed by atoms with Crippen molar-refractivity contribution in [3.05, 3.63) is 23.8 Å². The Labute approximate surface area is 50.3 Å². The Morgan fingerprint density at radius 2 is 2.75 bits per heavy atom. The van der Waals surface area contributed by atoms with Crippen LogP contribution < -0.4 is 0 Å². The van der Waals surface area contributed by atoms with Gasteiger partial charge in [0, 0.05) is 5.41 Å². The fourth-order valence-corrected chi connectivity index (χ4v) is 1.17. The highest BCUT2D eigenvalue weighted by Gasteiger charge is 2.06. The van der Waals surface area contributed by atoms with Crippen LogP contribution in [0.2, 0.25) is 0 Å². The van der Waals surface area contributed by atoms with E-state index in [1.165, 1.54) is 0 Å². The van der Waals surface area contributed by atoms with Crippen molar-refractivity contribution in [2.45, 2.75) is 0 Å². The molecule has 1 heterocycles. The first-order valence-corrected chi connectivity index (χ1v) is 3.55. The fourth-order valence-electron chi connectivity index (χ4n) is 0.431. The van der Waals surface area contributed by atoms with Gasteiger partial charge in [0.15, 0.2) is 5.94 Å². The number of rotatable bonds is 1. The lowest BCUT2D eigenvalue weighted by Gasteiger charge is -1.89. The number of allylic oxidation sites excluding steroid dienone is 1. The van der Waals surface area contributed by atoms with E-state index >= 15 is 0 Å². The molecule has 0 fully saturated rings. The van der Waals surface area contributed by atoms with E-state index in [2.05, 4.69) is 6.58 Å². The highest BCUT2D eigenvalue weighted by Crippen LogP contribution is 2.08. The third kappa shape index (κ3) is 0.980. The van der Waals surface area contributed by atoms with Crippen LogP contribution in [-0.4, -0.2) is 10.1 Å². The van der Waals surface area contributed by atoms with Crippen LogP contribution in [0.15, 0.2) is 23.8 Å². The molecule has 0 aromatic heterocycles. The van der Waals surface area contributed by atoms with Gasteiger partial charge in [0.2, 0.25) is 0 Å². The van der Waals surface area contributed by atoms with E-state index in [9.17, 15) is 4.21 Å². The summed E-state index contributed by atoms with van der Waals surface area (Å²) in [5, 5.41) is 1.55. The Morgan fingerprint density at radius 1 is 2.00 bits per heavy atom. The Morgan fingerprint density at radius 3 is 3.00 bits per heavy atom. The van der Waals surface area contributed by atoms with E-state index < -0.39 is 10.8 Å². The second kappa shape index (κ2) is 2.13. The summed E-state index contributed by atoms with van der Waals surface area (Å²) in [7, 11) is -0.908. The Kier molecular flexibility index (Phi) is 1.48. The van der Waals surface area contributed by atoms with E-state index in [1.807, 2.05) is 0 Å². The third-order valence-corrected chi connectivity index (χ3v) is 1.64. The van der Waals surface area contributed by atoms with Gasteiger partial charge in [0.25, 0.3) is 0 Å². The SMILES string of the molecule is C=CC1=CS(=O)CO1. The number of hydrogen-bond acceptors (Lipinski definition) is 2.